The second-order valence-electron chi connectivity index (χ2n) is 5.52. The quantitative estimate of drug-likeness (QED) is 0.475. The molecular formula is C16H14N8O2. The van der Waals surface area contributed by atoms with Crippen molar-refractivity contribution in [1.29, 1.82) is 0 Å². The third kappa shape index (κ3) is 2.95. The lowest BCUT2D eigenvalue weighted by atomic mass is 10.2. The fraction of sp³-hybridized carbons (Fsp3) is 0.125. The second-order valence-corrected chi connectivity index (χ2v) is 5.52. The fourth-order valence-corrected chi connectivity index (χ4v) is 2.68. The molecule has 4 aromatic rings. The zero-order valence-electron chi connectivity index (χ0n) is 13.5. The monoisotopic (exact) mass is 350 g/mol. The number of para-hydroxylation sites is 2. The van der Waals surface area contributed by atoms with E-state index in [1.165, 1.54) is 6.20 Å². The molecule has 0 radical (unpaired) electrons. The van der Waals surface area contributed by atoms with Crippen molar-refractivity contribution in [2.24, 2.45) is 0 Å². The Morgan fingerprint density at radius 2 is 2.12 bits per heavy atom. The third-order valence-corrected chi connectivity index (χ3v) is 3.90. The predicted octanol–water partition coefficient (Wildman–Crippen LogP) is 0.335. The first kappa shape index (κ1) is 15.7. The van der Waals surface area contributed by atoms with Gasteiger partial charge in [0.05, 0.1) is 11.0 Å². The molecule has 3 heterocycles. The van der Waals surface area contributed by atoms with Crippen LogP contribution in [0.5, 0.6) is 0 Å². The number of carbonyl (C=O) groups is 1. The summed E-state index contributed by atoms with van der Waals surface area (Å²) in [5.41, 5.74) is 2.23. The standard InChI is InChI=1S/C16H14N8O2/c25-15(10-5-6-17-12(9-10)14-20-22-23-21-14)18-7-8-24-13-4-2-1-3-11(13)19-16(24)26/h1-6,9H,7-8H2,(H,18,25)(H,19,26)(H,20,21,22,23). The van der Waals surface area contributed by atoms with Crippen molar-refractivity contribution >= 4 is 16.9 Å². The molecule has 26 heavy (non-hydrogen) atoms. The number of fused-ring (bicyclic) bond motifs is 1. The number of carbonyl (C=O) groups excluding carboxylic acids is 1. The maximum absolute atomic E-state index is 12.3. The van der Waals surface area contributed by atoms with Crippen molar-refractivity contribution in [2.45, 2.75) is 6.54 Å². The number of pyridine rings is 1. The van der Waals surface area contributed by atoms with Crippen LogP contribution in [0.1, 0.15) is 10.4 Å². The number of rotatable bonds is 5. The normalized spacial score (nSPS) is 10.9. The average molecular weight is 350 g/mol. The number of amides is 1. The number of benzene rings is 1. The van der Waals surface area contributed by atoms with E-state index < -0.39 is 0 Å². The minimum Gasteiger partial charge on any atom is -0.350 e. The molecule has 3 N–H and O–H groups in total. The molecule has 130 valence electrons. The summed E-state index contributed by atoms with van der Waals surface area (Å²) < 4.78 is 1.59. The van der Waals surface area contributed by atoms with Gasteiger partial charge in [-0.15, -0.1) is 10.2 Å². The van der Waals surface area contributed by atoms with Gasteiger partial charge in [0, 0.05) is 24.8 Å². The molecule has 0 saturated carbocycles. The number of hydrogen-bond acceptors (Lipinski definition) is 6. The topological polar surface area (TPSA) is 134 Å². The van der Waals surface area contributed by atoms with E-state index in [-0.39, 0.29) is 11.6 Å². The fourth-order valence-electron chi connectivity index (χ4n) is 2.68. The zero-order valence-corrected chi connectivity index (χ0v) is 13.5. The van der Waals surface area contributed by atoms with E-state index >= 15 is 0 Å². The number of aromatic nitrogens is 7. The second kappa shape index (κ2) is 6.59. The van der Waals surface area contributed by atoms with Gasteiger partial charge in [-0.2, -0.15) is 5.21 Å². The SMILES string of the molecule is O=C(NCCn1c(=O)[nH]c2ccccc21)c1ccnc(-c2nn[nH]n2)c1. The minimum absolute atomic E-state index is 0.205. The van der Waals surface area contributed by atoms with Crippen molar-refractivity contribution in [3.8, 4) is 11.5 Å². The van der Waals surface area contributed by atoms with E-state index in [4.69, 9.17) is 0 Å². The Balaban J connectivity index is 1.45. The molecule has 0 bridgehead atoms. The van der Waals surface area contributed by atoms with Crippen LogP contribution in [-0.4, -0.2) is 47.6 Å². The number of nitrogens with one attached hydrogen (secondary N) is 3. The van der Waals surface area contributed by atoms with E-state index in [0.717, 1.165) is 11.0 Å². The Bertz CT molecular complexity index is 1110. The number of tetrazole rings is 1. The van der Waals surface area contributed by atoms with Crippen LogP contribution in [0, 0.1) is 0 Å². The molecule has 0 aliphatic rings. The van der Waals surface area contributed by atoms with Gasteiger partial charge in [-0.05, 0) is 29.5 Å². The average Bonchev–Trinajstić information content (AvgIpc) is 3.30. The van der Waals surface area contributed by atoms with Gasteiger partial charge >= 0.3 is 5.69 Å². The van der Waals surface area contributed by atoms with Crippen LogP contribution < -0.4 is 11.0 Å². The summed E-state index contributed by atoms with van der Waals surface area (Å²) in [6, 6.07) is 10.6. The number of H-pyrrole nitrogens is 2. The molecular weight excluding hydrogens is 336 g/mol. The van der Waals surface area contributed by atoms with Crippen molar-refractivity contribution < 1.29 is 4.79 Å². The number of aromatic amines is 2. The predicted molar refractivity (Wildman–Crippen MR) is 92.3 cm³/mol. The molecule has 1 aromatic carbocycles. The first-order valence-corrected chi connectivity index (χ1v) is 7.88. The van der Waals surface area contributed by atoms with Crippen LogP contribution in [-0.2, 0) is 6.54 Å². The Morgan fingerprint density at radius 1 is 1.23 bits per heavy atom. The number of nitrogens with zero attached hydrogens (tertiary/aromatic N) is 5. The molecule has 0 unspecified atom stereocenters. The largest absolute Gasteiger partial charge is 0.350 e. The summed E-state index contributed by atoms with van der Waals surface area (Å²) in [5.74, 6) is 0.0371. The molecule has 10 nitrogen and oxygen atoms in total. The highest BCUT2D eigenvalue weighted by atomic mass is 16.2. The summed E-state index contributed by atoms with van der Waals surface area (Å²) >= 11 is 0. The van der Waals surface area contributed by atoms with Gasteiger partial charge < -0.3 is 10.3 Å². The van der Waals surface area contributed by atoms with Crippen LogP contribution in [0.2, 0.25) is 0 Å². The van der Waals surface area contributed by atoms with E-state index in [9.17, 15) is 9.59 Å². The van der Waals surface area contributed by atoms with Crippen molar-refractivity contribution in [2.75, 3.05) is 6.54 Å². The van der Waals surface area contributed by atoms with Crippen LogP contribution in [0.3, 0.4) is 0 Å². The van der Waals surface area contributed by atoms with Gasteiger partial charge in [0.15, 0.2) is 0 Å². The minimum atomic E-state index is -0.273. The molecule has 3 aromatic heterocycles. The van der Waals surface area contributed by atoms with Crippen LogP contribution in [0.25, 0.3) is 22.6 Å². The lowest BCUT2D eigenvalue weighted by Crippen LogP contribution is -2.30. The highest BCUT2D eigenvalue weighted by Gasteiger charge is 2.11. The highest BCUT2D eigenvalue weighted by Crippen LogP contribution is 2.11. The van der Waals surface area contributed by atoms with Crippen molar-refractivity contribution in [1.82, 2.24) is 40.5 Å². The molecule has 10 heteroatoms. The molecule has 0 saturated heterocycles. The third-order valence-electron chi connectivity index (χ3n) is 3.90. The van der Waals surface area contributed by atoms with E-state index in [1.54, 1.807) is 16.7 Å². The Hall–Kier alpha value is -3.82. The zero-order chi connectivity index (χ0) is 17.9. The number of imidazole rings is 1. The van der Waals surface area contributed by atoms with Crippen LogP contribution in [0.4, 0.5) is 0 Å². The van der Waals surface area contributed by atoms with Gasteiger partial charge in [0.1, 0.15) is 5.69 Å². The van der Waals surface area contributed by atoms with E-state index in [1.807, 2.05) is 24.3 Å². The molecule has 0 spiro atoms. The van der Waals surface area contributed by atoms with Crippen molar-refractivity contribution in [3.63, 3.8) is 0 Å². The summed E-state index contributed by atoms with van der Waals surface area (Å²) in [4.78, 5) is 31.3. The van der Waals surface area contributed by atoms with Crippen LogP contribution in [0.15, 0.2) is 47.4 Å². The molecule has 0 aliphatic heterocycles. The first-order valence-electron chi connectivity index (χ1n) is 7.88. The maximum atomic E-state index is 12.3. The summed E-state index contributed by atoms with van der Waals surface area (Å²) in [7, 11) is 0. The molecule has 1 amide bonds. The van der Waals surface area contributed by atoms with E-state index in [0.29, 0.717) is 30.2 Å². The Labute approximate surface area is 146 Å². The maximum Gasteiger partial charge on any atom is 0.326 e. The van der Waals surface area contributed by atoms with Gasteiger partial charge in [0.25, 0.3) is 5.91 Å². The molecule has 0 atom stereocenters. The van der Waals surface area contributed by atoms with Crippen LogP contribution >= 0.6 is 0 Å². The summed E-state index contributed by atoms with van der Waals surface area (Å²) in [6.07, 6.45) is 1.50. The Kier molecular flexibility index (Phi) is 3.98. The summed E-state index contributed by atoms with van der Waals surface area (Å²) in [5, 5.41) is 16.3. The lowest BCUT2D eigenvalue weighted by molar-refractivity contribution is 0.0952. The van der Waals surface area contributed by atoms with Gasteiger partial charge in [-0.25, -0.2) is 4.79 Å². The molecule has 4 rings (SSSR count). The number of hydrogen-bond donors (Lipinski definition) is 3. The van der Waals surface area contributed by atoms with Gasteiger partial charge in [-0.1, -0.05) is 12.1 Å². The summed E-state index contributed by atoms with van der Waals surface area (Å²) in [6.45, 7) is 0.665. The molecule has 0 aliphatic carbocycles. The smallest absolute Gasteiger partial charge is 0.326 e. The van der Waals surface area contributed by atoms with E-state index in [2.05, 4.69) is 35.9 Å². The Morgan fingerprint density at radius 3 is 2.96 bits per heavy atom. The van der Waals surface area contributed by atoms with Gasteiger partial charge in [-0.3, -0.25) is 14.3 Å². The first-order chi connectivity index (χ1) is 12.7. The molecule has 0 fully saturated rings. The van der Waals surface area contributed by atoms with Gasteiger partial charge in [0.2, 0.25) is 5.82 Å². The lowest BCUT2D eigenvalue weighted by Gasteiger charge is -2.07. The highest BCUT2D eigenvalue weighted by molar-refractivity contribution is 5.94. The van der Waals surface area contributed by atoms with Crippen molar-refractivity contribution in [3.05, 3.63) is 58.6 Å².